The Morgan fingerprint density at radius 3 is 1.20 bits per heavy atom. The highest BCUT2D eigenvalue weighted by atomic mass is 31.2. The number of benzene rings is 4. The molecule has 0 aliphatic carbocycles. The second-order valence-corrected chi connectivity index (χ2v) is 13.1. The average Bonchev–Trinajstić information content (AvgIpc) is 3.31. The Morgan fingerprint density at radius 1 is 0.634 bits per heavy atom. The maximum atomic E-state index is 15.3. The molecule has 2 aliphatic rings. The zero-order valence-corrected chi connectivity index (χ0v) is 24.3. The third-order valence-electron chi connectivity index (χ3n) is 7.98. The number of ether oxygens (including phenoxy) is 2. The van der Waals surface area contributed by atoms with Crippen molar-refractivity contribution in [1.82, 2.24) is 0 Å². The van der Waals surface area contributed by atoms with Crippen LogP contribution in [-0.4, -0.2) is 28.9 Å². The molecule has 0 radical (unpaired) electrons. The Labute approximate surface area is 241 Å². The fraction of sp³-hybridized carbons (Fsp3) is 0.294. The summed E-state index contributed by atoms with van der Waals surface area (Å²) < 4.78 is 42.8. The number of hydrogen-bond acceptors (Lipinski definition) is 6. The van der Waals surface area contributed by atoms with E-state index < -0.39 is 42.6 Å². The molecule has 1 N–H and O–H groups in total. The molecule has 3 atom stereocenters. The molecule has 0 bridgehead atoms. The van der Waals surface area contributed by atoms with Crippen LogP contribution < -0.4 is 0 Å². The van der Waals surface area contributed by atoms with Crippen molar-refractivity contribution in [3.8, 4) is 0 Å². The summed E-state index contributed by atoms with van der Waals surface area (Å²) in [4.78, 5) is 0. The summed E-state index contributed by atoms with van der Waals surface area (Å²) in [5.74, 6) is -2.45. The number of aliphatic hydroxyl groups is 1. The van der Waals surface area contributed by atoms with Crippen molar-refractivity contribution in [3.05, 3.63) is 144 Å². The van der Waals surface area contributed by atoms with E-state index in [0.29, 0.717) is 22.3 Å². The van der Waals surface area contributed by atoms with Gasteiger partial charge < -0.3 is 14.6 Å². The molecule has 7 heteroatoms. The van der Waals surface area contributed by atoms with Crippen LogP contribution in [0.4, 0.5) is 0 Å². The molecule has 4 aromatic rings. The van der Waals surface area contributed by atoms with Crippen molar-refractivity contribution in [2.45, 2.75) is 62.2 Å². The molecule has 0 unspecified atom stereocenters. The summed E-state index contributed by atoms with van der Waals surface area (Å²) in [6.45, 7) is 5.49. The fourth-order valence-corrected chi connectivity index (χ4v) is 8.33. The molecule has 2 saturated heterocycles. The lowest BCUT2D eigenvalue weighted by atomic mass is 9.72. The molecule has 2 fully saturated rings. The van der Waals surface area contributed by atoms with E-state index in [-0.39, 0.29) is 6.42 Å². The van der Waals surface area contributed by atoms with Gasteiger partial charge in [0.1, 0.15) is 12.2 Å². The van der Waals surface area contributed by atoms with Crippen LogP contribution in [0.1, 0.15) is 49.4 Å². The van der Waals surface area contributed by atoms with Crippen LogP contribution in [-0.2, 0) is 34.3 Å². The minimum Gasteiger partial charge on any atom is -0.380 e. The summed E-state index contributed by atoms with van der Waals surface area (Å²) in [6.07, 6.45) is -1.54. The molecule has 0 amide bonds. The third kappa shape index (κ3) is 4.60. The Kier molecular flexibility index (Phi) is 7.27. The molecule has 6 nitrogen and oxygen atoms in total. The third-order valence-corrected chi connectivity index (χ3v) is 10.2. The predicted molar refractivity (Wildman–Crippen MR) is 157 cm³/mol. The van der Waals surface area contributed by atoms with Crippen LogP contribution in [0.3, 0.4) is 0 Å². The van der Waals surface area contributed by atoms with Crippen LogP contribution in [0.5, 0.6) is 0 Å². The smallest absolute Gasteiger partial charge is 0.361 e. The molecule has 212 valence electrons. The molecular formula is C34H35O6P. The first-order valence-corrected chi connectivity index (χ1v) is 15.6. The highest BCUT2D eigenvalue weighted by molar-refractivity contribution is 7.54. The van der Waals surface area contributed by atoms with E-state index in [2.05, 4.69) is 0 Å². The number of aliphatic hydroxyl groups excluding tert-OH is 1. The maximum absolute atomic E-state index is 15.3. The topological polar surface area (TPSA) is 74.2 Å². The SMILES string of the molecule is CC[C@H](O)P1(=O)OC(c2ccccc2)(c2ccccc2)[C@@H]2OC(C)(C)O[C@H]2C(c2ccccc2)(c2ccccc2)O1. The summed E-state index contributed by atoms with van der Waals surface area (Å²) in [5, 5.41) is 11.5. The van der Waals surface area contributed by atoms with E-state index in [0.717, 1.165) is 0 Å². The molecule has 2 heterocycles. The van der Waals surface area contributed by atoms with Gasteiger partial charge in [-0.05, 0) is 42.5 Å². The van der Waals surface area contributed by atoms with Gasteiger partial charge in [-0.15, -0.1) is 0 Å². The Morgan fingerprint density at radius 2 is 0.927 bits per heavy atom. The van der Waals surface area contributed by atoms with Gasteiger partial charge in [0.2, 0.25) is 0 Å². The van der Waals surface area contributed by atoms with Crippen molar-refractivity contribution in [2.24, 2.45) is 0 Å². The van der Waals surface area contributed by atoms with Crippen molar-refractivity contribution < 1.29 is 28.2 Å². The van der Waals surface area contributed by atoms with E-state index >= 15 is 4.57 Å². The summed E-state index contributed by atoms with van der Waals surface area (Å²) in [5.41, 5.74) is -0.0631. The highest BCUT2D eigenvalue weighted by Crippen LogP contribution is 2.70. The zero-order valence-electron chi connectivity index (χ0n) is 23.4. The van der Waals surface area contributed by atoms with Crippen LogP contribution in [0, 0.1) is 0 Å². The van der Waals surface area contributed by atoms with Gasteiger partial charge in [-0.3, -0.25) is 13.6 Å². The summed E-state index contributed by atoms with van der Waals surface area (Å²) in [6, 6.07) is 38.4. The van der Waals surface area contributed by atoms with Gasteiger partial charge in [0.15, 0.2) is 22.8 Å². The summed E-state index contributed by atoms with van der Waals surface area (Å²) >= 11 is 0. The van der Waals surface area contributed by atoms with Crippen LogP contribution >= 0.6 is 7.60 Å². The maximum Gasteiger partial charge on any atom is 0.361 e. The monoisotopic (exact) mass is 570 g/mol. The molecule has 4 aromatic carbocycles. The van der Waals surface area contributed by atoms with E-state index in [9.17, 15) is 5.11 Å². The van der Waals surface area contributed by atoms with Gasteiger partial charge in [-0.2, -0.15) is 0 Å². The number of rotatable bonds is 6. The molecular weight excluding hydrogens is 535 g/mol. The van der Waals surface area contributed by atoms with E-state index in [1.54, 1.807) is 6.92 Å². The summed E-state index contributed by atoms with van der Waals surface area (Å²) in [7, 11) is -4.35. The van der Waals surface area contributed by atoms with Gasteiger partial charge in [0.05, 0.1) is 0 Å². The highest BCUT2D eigenvalue weighted by Gasteiger charge is 2.69. The van der Waals surface area contributed by atoms with E-state index in [1.165, 1.54) is 0 Å². The van der Waals surface area contributed by atoms with E-state index in [1.807, 2.05) is 135 Å². The number of fused-ring (bicyclic) bond motifs is 1. The quantitative estimate of drug-likeness (QED) is 0.244. The van der Waals surface area contributed by atoms with Gasteiger partial charge >= 0.3 is 7.60 Å². The van der Waals surface area contributed by atoms with E-state index in [4.69, 9.17) is 18.5 Å². The molecule has 2 aliphatic heterocycles. The lowest BCUT2D eigenvalue weighted by Gasteiger charge is -2.41. The minimum atomic E-state index is -4.35. The molecule has 41 heavy (non-hydrogen) atoms. The first-order valence-electron chi connectivity index (χ1n) is 14.0. The average molecular weight is 571 g/mol. The van der Waals surface area contributed by atoms with Gasteiger partial charge in [0.25, 0.3) is 0 Å². The largest absolute Gasteiger partial charge is 0.380 e. The zero-order chi connectivity index (χ0) is 28.7. The first kappa shape index (κ1) is 28.0. The lowest BCUT2D eigenvalue weighted by molar-refractivity contribution is -0.176. The van der Waals surface area contributed by atoms with Gasteiger partial charge in [0, 0.05) is 0 Å². The molecule has 6 rings (SSSR count). The molecule has 0 saturated carbocycles. The minimum absolute atomic E-state index is 0.152. The second-order valence-electron chi connectivity index (χ2n) is 11.0. The van der Waals surface area contributed by atoms with Crippen molar-refractivity contribution >= 4 is 7.60 Å². The molecule has 0 spiro atoms. The normalized spacial score (nSPS) is 24.6. The molecule has 0 aromatic heterocycles. The number of hydrogen-bond donors (Lipinski definition) is 1. The Balaban J connectivity index is 1.76. The van der Waals surface area contributed by atoms with Crippen molar-refractivity contribution in [3.63, 3.8) is 0 Å². The standard InChI is InChI=1S/C34H35O6P/c1-4-29(35)41(36)39-33(25-17-9-5-10-18-25,26-19-11-6-12-20-26)30-31(38-32(2,3)37-30)34(40-41,27-21-13-7-14-22-27)28-23-15-8-16-24-28/h5-24,29-31,35H,4H2,1-3H3/t29-,30-,31-/m1/s1. The van der Waals surface area contributed by atoms with Crippen molar-refractivity contribution in [2.75, 3.05) is 0 Å². The van der Waals surface area contributed by atoms with Crippen molar-refractivity contribution in [1.29, 1.82) is 0 Å². The van der Waals surface area contributed by atoms with Crippen LogP contribution in [0.15, 0.2) is 121 Å². The Hall–Kier alpha value is -3.09. The van der Waals surface area contributed by atoms with Gasteiger partial charge in [-0.1, -0.05) is 128 Å². The first-order chi connectivity index (χ1) is 19.8. The Bertz CT molecular complexity index is 1320. The van der Waals surface area contributed by atoms with Gasteiger partial charge in [-0.25, -0.2) is 0 Å². The lowest BCUT2D eigenvalue weighted by Crippen LogP contribution is -2.53. The van der Waals surface area contributed by atoms with Crippen LogP contribution in [0.2, 0.25) is 0 Å². The van der Waals surface area contributed by atoms with Crippen LogP contribution in [0.25, 0.3) is 0 Å². The second kappa shape index (κ2) is 10.6. The fourth-order valence-electron chi connectivity index (χ4n) is 6.17. The predicted octanol–water partition coefficient (Wildman–Crippen LogP) is 7.36.